The van der Waals surface area contributed by atoms with Gasteiger partial charge in [0.25, 0.3) is 0 Å². The first-order chi connectivity index (χ1) is 9.52. The lowest BCUT2D eigenvalue weighted by molar-refractivity contribution is -0.121. The normalized spacial score (nSPS) is 18.5. The van der Waals surface area contributed by atoms with Crippen LogP contribution in [0.1, 0.15) is 20.3 Å². The van der Waals surface area contributed by atoms with Crippen molar-refractivity contribution in [2.45, 2.75) is 25.5 Å². The van der Waals surface area contributed by atoms with E-state index in [9.17, 15) is 14.4 Å². The van der Waals surface area contributed by atoms with Crippen LogP contribution in [-0.2, 0) is 14.4 Å². The average Bonchev–Trinajstić information content (AvgIpc) is 2.66. The number of imide groups is 1. The zero-order chi connectivity index (χ0) is 14.7. The average molecular weight is 292 g/mol. The number of anilines is 2. The van der Waals surface area contributed by atoms with Crippen molar-refractivity contribution in [2.75, 3.05) is 16.0 Å². The van der Waals surface area contributed by atoms with Gasteiger partial charge in [0.1, 0.15) is 0 Å². The van der Waals surface area contributed by atoms with E-state index in [1.165, 1.54) is 23.6 Å². The van der Waals surface area contributed by atoms with E-state index >= 15 is 0 Å². The highest BCUT2D eigenvalue weighted by atomic mass is 32.2. The van der Waals surface area contributed by atoms with E-state index in [1.807, 2.05) is 6.92 Å². The van der Waals surface area contributed by atoms with Gasteiger partial charge >= 0.3 is 0 Å². The van der Waals surface area contributed by atoms with Crippen LogP contribution in [0.25, 0.3) is 0 Å². The maximum absolute atomic E-state index is 12.2. The summed E-state index contributed by atoms with van der Waals surface area (Å²) in [5, 5.41) is 2.37. The highest BCUT2D eigenvalue weighted by Gasteiger charge is 2.39. The summed E-state index contributed by atoms with van der Waals surface area (Å²) in [6.45, 7) is 3.39. The molecule has 6 heteroatoms. The van der Waals surface area contributed by atoms with Gasteiger partial charge in [-0.15, -0.1) is 11.8 Å². The summed E-state index contributed by atoms with van der Waals surface area (Å²) in [7, 11) is 0. The summed E-state index contributed by atoms with van der Waals surface area (Å²) in [4.78, 5) is 36.3. The number of carbonyl (C=O) groups excluding carboxylic acids is 3. The van der Waals surface area contributed by atoms with Crippen molar-refractivity contribution >= 4 is 40.9 Å². The van der Waals surface area contributed by atoms with Crippen LogP contribution in [0.4, 0.5) is 11.4 Å². The summed E-state index contributed by atoms with van der Waals surface area (Å²) in [5.41, 5.74) is 1.19. The monoisotopic (exact) mass is 292 g/mol. The second kappa shape index (κ2) is 6.09. The molecule has 0 saturated carbocycles. The Balaban J connectivity index is 2.17. The number of hydrogen-bond acceptors (Lipinski definition) is 4. The molecule has 0 bridgehead atoms. The summed E-state index contributed by atoms with van der Waals surface area (Å²) in [6, 6.07) is 6.69. The minimum atomic E-state index is -0.275. The highest BCUT2D eigenvalue weighted by Crippen LogP contribution is 2.30. The number of nitrogens with zero attached hydrogens (tertiary/aromatic N) is 1. The molecule has 106 valence electrons. The SMILES string of the molecule is CCSC1CC(=O)N(c2ccc(NC(C)=O)cc2)C1=O. The van der Waals surface area contributed by atoms with Crippen LogP contribution in [0.5, 0.6) is 0 Å². The van der Waals surface area contributed by atoms with Crippen LogP contribution < -0.4 is 10.2 Å². The van der Waals surface area contributed by atoms with E-state index in [0.717, 1.165) is 5.75 Å². The number of thioether (sulfide) groups is 1. The maximum atomic E-state index is 12.2. The van der Waals surface area contributed by atoms with E-state index in [0.29, 0.717) is 11.4 Å². The largest absolute Gasteiger partial charge is 0.326 e. The lowest BCUT2D eigenvalue weighted by Crippen LogP contribution is -2.31. The Morgan fingerprint density at radius 2 is 2.00 bits per heavy atom. The Bertz CT molecular complexity index is 542. The van der Waals surface area contributed by atoms with E-state index in [-0.39, 0.29) is 29.4 Å². The minimum absolute atomic E-state index is 0.158. The summed E-state index contributed by atoms with van der Waals surface area (Å²) < 4.78 is 0. The first-order valence-corrected chi connectivity index (χ1v) is 7.44. The number of carbonyl (C=O) groups is 3. The molecule has 0 spiro atoms. The molecule has 1 aromatic carbocycles. The quantitative estimate of drug-likeness (QED) is 0.862. The van der Waals surface area contributed by atoms with Crippen LogP contribution in [0.2, 0.25) is 0 Å². The standard InChI is InChI=1S/C14H16N2O3S/c1-3-20-12-8-13(18)16(14(12)19)11-6-4-10(5-7-11)15-9(2)17/h4-7,12H,3,8H2,1-2H3,(H,15,17). The van der Waals surface area contributed by atoms with Crippen LogP contribution in [0.3, 0.4) is 0 Å². The second-order valence-electron chi connectivity index (χ2n) is 4.44. The van der Waals surface area contributed by atoms with E-state index in [2.05, 4.69) is 5.32 Å². The van der Waals surface area contributed by atoms with Gasteiger partial charge in [-0.2, -0.15) is 0 Å². The third kappa shape index (κ3) is 3.01. The molecule has 1 heterocycles. The summed E-state index contributed by atoms with van der Waals surface area (Å²) >= 11 is 1.49. The van der Waals surface area contributed by atoms with Crippen molar-refractivity contribution in [3.05, 3.63) is 24.3 Å². The van der Waals surface area contributed by atoms with Crippen LogP contribution in [0, 0.1) is 0 Å². The molecule has 20 heavy (non-hydrogen) atoms. The van der Waals surface area contributed by atoms with Gasteiger partial charge in [0.2, 0.25) is 17.7 Å². The van der Waals surface area contributed by atoms with Crippen molar-refractivity contribution in [1.82, 2.24) is 0 Å². The number of rotatable bonds is 4. The van der Waals surface area contributed by atoms with Gasteiger partial charge in [-0.1, -0.05) is 6.92 Å². The van der Waals surface area contributed by atoms with E-state index in [1.54, 1.807) is 24.3 Å². The van der Waals surface area contributed by atoms with Crippen molar-refractivity contribution in [3.8, 4) is 0 Å². The molecule has 0 aromatic heterocycles. The zero-order valence-electron chi connectivity index (χ0n) is 11.4. The fourth-order valence-electron chi connectivity index (χ4n) is 2.10. The molecule has 3 amide bonds. The van der Waals surface area contributed by atoms with Crippen molar-refractivity contribution in [2.24, 2.45) is 0 Å². The third-order valence-corrected chi connectivity index (χ3v) is 4.02. The van der Waals surface area contributed by atoms with Gasteiger partial charge in [0.05, 0.1) is 10.9 Å². The lowest BCUT2D eigenvalue weighted by Gasteiger charge is -2.15. The zero-order valence-corrected chi connectivity index (χ0v) is 12.2. The number of benzene rings is 1. The molecule has 1 saturated heterocycles. The smallest absolute Gasteiger partial charge is 0.247 e. The first-order valence-electron chi connectivity index (χ1n) is 6.39. The van der Waals surface area contributed by atoms with Crippen molar-refractivity contribution in [1.29, 1.82) is 0 Å². The predicted octanol–water partition coefficient (Wildman–Crippen LogP) is 2.03. The van der Waals surface area contributed by atoms with Gasteiger partial charge < -0.3 is 5.32 Å². The fraction of sp³-hybridized carbons (Fsp3) is 0.357. The predicted molar refractivity (Wildman–Crippen MR) is 79.8 cm³/mol. The molecule has 2 rings (SSSR count). The fourth-order valence-corrected chi connectivity index (χ4v) is 3.01. The summed E-state index contributed by atoms with van der Waals surface area (Å²) in [6.07, 6.45) is 0.255. The molecule has 1 fully saturated rings. The minimum Gasteiger partial charge on any atom is -0.326 e. The molecule has 1 aromatic rings. The molecule has 5 nitrogen and oxygen atoms in total. The molecule has 1 aliphatic heterocycles. The maximum Gasteiger partial charge on any atom is 0.247 e. The van der Waals surface area contributed by atoms with E-state index < -0.39 is 0 Å². The molecule has 1 atom stereocenters. The van der Waals surface area contributed by atoms with Crippen LogP contribution >= 0.6 is 11.8 Å². The Morgan fingerprint density at radius 3 is 2.55 bits per heavy atom. The third-order valence-electron chi connectivity index (χ3n) is 2.92. The molecular formula is C14H16N2O3S. The van der Waals surface area contributed by atoms with Gasteiger partial charge in [-0.05, 0) is 30.0 Å². The van der Waals surface area contributed by atoms with E-state index in [4.69, 9.17) is 0 Å². The van der Waals surface area contributed by atoms with Crippen LogP contribution in [-0.4, -0.2) is 28.7 Å². The Labute approximate surface area is 121 Å². The second-order valence-corrected chi connectivity index (χ2v) is 5.92. The van der Waals surface area contributed by atoms with Gasteiger partial charge in [-0.3, -0.25) is 14.4 Å². The van der Waals surface area contributed by atoms with Crippen molar-refractivity contribution in [3.63, 3.8) is 0 Å². The van der Waals surface area contributed by atoms with Gasteiger partial charge in [0.15, 0.2) is 0 Å². The topological polar surface area (TPSA) is 66.5 Å². The molecular weight excluding hydrogens is 276 g/mol. The number of amides is 3. The Hall–Kier alpha value is -1.82. The van der Waals surface area contributed by atoms with Gasteiger partial charge in [-0.25, -0.2) is 4.90 Å². The number of nitrogens with one attached hydrogen (secondary N) is 1. The van der Waals surface area contributed by atoms with Gasteiger partial charge in [0, 0.05) is 19.0 Å². The Kier molecular flexibility index (Phi) is 4.44. The molecule has 1 aliphatic rings. The molecule has 0 radical (unpaired) electrons. The summed E-state index contributed by atoms with van der Waals surface area (Å²) in [5.74, 6) is 0.312. The van der Waals surface area contributed by atoms with Crippen molar-refractivity contribution < 1.29 is 14.4 Å². The molecule has 1 unspecified atom stereocenters. The molecule has 0 aliphatic carbocycles. The first kappa shape index (κ1) is 14.6. The lowest BCUT2D eigenvalue weighted by atomic mass is 10.2. The molecule has 1 N–H and O–H groups in total. The highest BCUT2D eigenvalue weighted by molar-refractivity contribution is 8.00. The Morgan fingerprint density at radius 1 is 1.35 bits per heavy atom. The number of hydrogen-bond donors (Lipinski definition) is 1. The van der Waals surface area contributed by atoms with Crippen LogP contribution in [0.15, 0.2) is 24.3 Å².